The molecule has 1 N–H and O–H groups in total. The lowest BCUT2D eigenvalue weighted by Gasteiger charge is -2.20. The van der Waals surface area contributed by atoms with Gasteiger partial charge in [-0.05, 0) is 43.9 Å². The lowest BCUT2D eigenvalue weighted by molar-refractivity contribution is -0.121. The number of para-hydroxylation sites is 1. The minimum Gasteiger partial charge on any atom is -0.460 e. The number of nitrogens with zero attached hydrogens (tertiary/aromatic N) is 2. The van der Waals surface area contributed by atoms with Crippen LogP contribution < -0.4 is 10.2 Å². The van der Waals surface area contributed by atoms with Gasteiger partial charge in [0.25, 0.3) is 0 Å². The molecule has 1 aliphatic rings. The van der Waals surface area contributed by atoms with Crippen molar-refractivity contribution in [3.8, 4) is 0 Å². The van der Waals surface area contributed by atoms with E-state index in [-0.39, 0.29) is 12.5 Å². The number of benzene rings is 2. The molecule has 2 aromatic carbocycles. The highest BCUT2D eigenvalue weighted by atomic mass is 16.5. The summed E-state index contributed by atoms with van der Waals surface area (Å²) >= 11 is 0. The van der Waals surface area contributed by atoms with E-state index >= 15 is 0 Å². The number of anilines is 1. The molecule has 1 saturated heterocycles. The number of aryl methyl sites for hydroxylation is 2. The van der Waals surface area contributed by atoms with Crippen LogP contribution in [0, 0.1) is 6.92 Å². The molecule has 1 aromatic heterocycles. The van der Waals surface area contributed by atoms with Gasteiger partial charge in [-0.25, -0.2) is 9.78 Å². The van der Waals surface area contributed by atoms with E-state index in [0.717, 1.165) is 42.4 Å². The maximum atomic E-state index is 12.8. The van der Waals surface area contributed by atoms with E-state index in [0.29, 0.717) is 30.8 Å². The second-order valence-corrected chi connectivity index (χ2v) is 8.22. The first-order chi connectivity index (χ1) is 15.6. The average molecular weight is 432 g/mol. The van der Waals surface area contributed by atoms with Crippen molar-refractivity contribution in [2.75, 3.05) is 31.1 Å². The summed E-state index contributed by atoms with van der Waals surface area (Å²) in [6.07, 6.45) is 3.29. The number of esters is 1. The van der Waals surface area contributed by atoms with Gasteiger partial charge < -0.3 is 15.0 Å². The van der Waals surface area contributed by atoms with Gasteiger partial charge in [-0.1, -0.05) is 48.0 Å². The Balaban J connectivity index is 1.31. The van der Waals surface area contributed by atoms with Crippen molar-refractivity contribution in [1.29, 1.82) is 0 Å². The predicted octanol–water partition coefficient (Wildman–Crippen LogP) is 4.05. The number of nitrogens with one attached hydrogen (secondary N) is 1. The molecule has 6 heteroatoms. The fourth-order valence-corrected chi connectivity index (χ4v) is 3.94. The summed E-state index contributed by atoms with van der Waals surface area (Å²) in [6.45, 7) is 4.24. The molecular formula is C26H29N3O3. The summed E-state index contributed by atoms with van der Waals surface area (Å²) in [5.74, 6) is 0.235. The van der Waals surface area contributed by atoms with Crippen molar-refractivity contribution in [3.05, 3.63) is 71.3 Å². The zero-order valence-electron chi connectivity index (χ0n) is 18.5. The molecule has 1 amide bonds. The fraction of sp³-hybridized carbons (Fsp3) is 0.346. The molecular weight excluding hydrogens is 402 g/mol. The number of carbonyl (C=O) groups excluding carboxylic acids is 2. The Morgan fingerprint density at radius 2 is 1.81 bits per heavy atom. The second-order valence-electron chi connectivity index (χ2n) is 8.22. The summed E-state index contributed by atoms with van der Waals surface area (Å²) in [4.78, 5) is 31.8. The van der Waals surface area contributed by atoms with Crippen molar-refractivity contribution < 1.29 is 14.3 Å². The number of hydrogen-bond donors (Lipinski definition) is 1. The number of ether oxygens (including phenoxy) is 1. The van der Waals surface area contributed by atoms with Crippen LogP contribution in [0.4, 0.5) is 5.82 Å². The molecule has 32 heavy (non-hydrogen) atoms. The minimum absolute atomic E-state index is 0.0493. The molecule has 3 aromatic rings. The summed E-state index contributed by atoms with van der Waals surface area (Å²) in [6, 6.07) is 17.8. The van der Waals surface area contributed by atoms with Gasteiger partial charge in [-0.15, -0.1) is 0 Å². The summed E-state index contributed by atoms with van der Waals surface area (Å²) in [5.41, 5.74) is 3.69. The molecule has 2 heterocycles. The molecule has 1 fully saturated rings. The van der Waals surface area contributed by atoms with Crippen molar-refractivity contribution >= 4 is 28.6 Å². The zero-order valence-corrected chi connectivity index (χ0v) is 18.5. The van der Waals surface area contributed by atoms with Crippen molar-refractivity contribution in [3.63, 3.8) is 0 Å². The summed E-state index contributed by atoms with van der Waals surface area (Å²) in [5, 5.41) is 3.74. The molecule has 0 unspecified atom stereocenters. The standard InChI is InChI=1S/C26H29N3O3/c1-19-8-10-20(11-9-19)12-13-24(30)27-14-17-32-26(31)22-18-21-6-2-3-7-23(21)28-25(22)29-15-4-5-16-29/h2-3,6-11,18H,4-5,12-17H2,1H3,(H,27,30). The van der Waals surface area contributed by atoms with Crippen LogP contribution in [-0.2, 0) is 16.0 Å². The Kier molecular flexibility index (Phi) is 7.00. The Hall–Kier alpha value is -3.41. The highest BCUT2D eigenvalue weighted by Crippen LogP contribution is 2.27. The first-order valence-electron chi connectivity index (χ1n) is 11.2. The smallest absolute Gasteiger partial charge is 0.341 e. The van der Waals surface area contributed by atoms with Gasteiger partial charge in [0, 0.05) is 24.9 Å². The van der Waals surface area contributed by atoms with Crippen LogP contribution in [0.15, 0.2) is 54.6 Å². The topological polar surface area (TPSA) is 71.5 Å². The number of rotatable bonds is 8. The van der Waals surface area contributed by atoms with E-state index in [1.54, 1.807) is 0 Å². The van der Waals surface area contributed by atoms with Crippen LogP contribution in [0.5, 0.6) is 0 Å². The lowest BCUT2D eigenvalue weighted by Crippen LogP contribution is -2.28. The highest BCUT2D eigenvalue weighted by Gasteiger charge is 2.23. The number of hydrogen-bond acceptors (Lipinski definition) is 5. The Bertz CT molecular complexity index is 1090. The van der Waals surface area contributed by atoms with Crippen LogP contribution >= 0.6 is 0 Å². The van der Waals surface area contributed by atoms with Gasteiger partial charge in [0.1, 0.15) is 18.0 Å². The van der Waals surface area contributed by atoms with Gasteiger partial charge in [0.15, 0.2) is 0 Å². The number of amides is 1. The normalized spacial score (nSPS) is 13.3. The first kappa shape index (κ1) is 21.8. The molecule has 4 rings (SSSR count). The van der Waals surface area contributed by atoms with Gasteiger partial charge in [0.05, 0.1) is 12.1 Å². The Labute approximate surface area is 188 Å². The quantitative estimate of drug-likeness (QED) is 0.430. The first-order valence-corrected chi connectivity index (χ1v) is 11.2. The number of carbonyl (C=O) groups is 2. The largest absolute Gasteiger partial charge is 0.460 e. The van der Waals surface area contributed by atoms with E-state index in [9.17, 15) is 9.59 Å². The molecule has 0 saturated carbocycles. The van der Waals surface area contributed by atoms with E-state index in [1.807, 2.05) is 61.5 Å². The third-order valence-electron chi connectivity index (χ3n) is 5.75. The molecule has 1 aliphatic heterocycles. The summed E-state index contributed by atoms with van der Waals surface area (Å²) < 4.78 is 5.48. The number of pyridine rings is 1. The Morgan fingerprint density at radius 3 is 2.59 bits per heavy atom. The van der Waals surface area contributed by atoms with Crippen LogP contribution in [0.2, 0.25) is 0 Å². The molecule has 0 atom stereocenters. The molecule has 0 spiro atoms. The number of fused-ring (bicyclic) bond motifs is 1. The predicted molar refractivity (Wildman–Crippen MR) is 126 cm³/mol. The zero-order chi connectivity index (χ0) is 22.3. The van der Waals surface area contributed by atoms with Gasteiger partial charge in [0.2, 0.25) is 5.91 Å². The number of aromatic nitrogens is 1. The van der Waals surface area contributed by atoms with Gasteiger partial charge >= 0.3 is 5.97 Å². The van der Waals surface area contributed by atoms with E-state index in [4.69, 9.17) is 9.72 Å². The van der Waals surface area contributed by atoms with Crippen molar-refractivity contribution in [1.82, 2.24) is 10.3 Å². The van der Waals surface area contributed by atoms with Gasteiger partial charge in [-0.3, -0.25) is 4.79 Å². The minimum atomic E-state index is -0.404. The van der Waals surface area contributed by atoms with E-state index < -0.39 is 5.97 Å². The van der Waals surface area contributed by atoms with E-state index in [1.165, 1.54) is 5.56 Å². The van der Waals surface area contributed by atoms with Crippen molar-refractivity contribution in [2.24, 2.45) is 0 Å². The highest BCUT2D eigenvalue weighted by molar-refractivity contribution is 5.99. The van der Waals surface area contributed by atoms with E-state index in [2.05, 4.69) is 10.2 Å². The second kappa shape index (κ2) is 10.3. The lowest BCUT2D eigenvalue weighted by atomic mass is 10.1. The Morgan fingerprint density at radius 1 is 1.06 bits per heavy atom. The van der Waals surface area contributed by atoms with Crippen molar-refractivity contribution in [2.45, 2.75) is 32.6 Å². The molecule has 0 aliphatic carbocycles. The SMILES string of the molecule is Cc1ccc(CCC(=O)NCCOC(=O)c2cc3ccccc3nc2N2CCCC2)cc1. The van der Waals surface area contributed by atoms with Crippen LogP contribution in [0.3, 0.4) is 0 Å². The molecule has 166 valence electrons. The van der Waals surface area contributed by atoms with Crippen LogP contribution in [-0.4, -0.2) is 43.1 Å². The van der Waals surface area contributed by atoms with Gasteiger partial charge in [-0.2, -0.15) is 0 Å². The van der Waals surface area contributed by atoms with Crippen LogP contribution in [0.25, 0.3) is 10.9 Å². The van der Waals surface area contributed by atoms with Crippen LogP contribution in [0.1, 0.15) is 40.7 Å². The maximum Gasteiger partial charge on any atom is 0.341 e. The maximum absolute atomic E-state index is 12.8. The third-order valence-corrected chi connectivity index (χ3v) is 5.75. The molecule has 0 radical (unpaired) electrons. The molecule has 0 bridgehead atoms. The summed E-state index contributed by atoms with van der Waals surface area (Å²) in [7, 11) is 0. The fourth-order valence-electron chi connectivity index (χ4n) is 3.94. The average Bonchev–Trinajstić information content (AvgIpc) is 3.35. The third kappa shape index (κ3) is 5.44. The molecule has 6 nitrogen and oxygen atoms in total. The monoisotopic (exact) mass is 431 g/mol.